The molecule has 158 valence electrons. The van der Waals surface area contributed by atoms with Crippen LogP contribution in [0, 0.1) is 6.92 Å². The van der Waals surface area contributed by atoms with Crippen molar-refractivity contribution < 1.29 is 32.0 Å². The summed E-state index contributed by atoms with van der Waals surface area (Å²) in [5.74, 6) is -1.76. The minimum atomic E-state index is -4.67. The van der Waals surface area contributed by atoms with Gasteiger partial charge in [-0.15, -0.1) is 0 Å². The van der Waals surface area contributed by atoms with Crippen LogP contribution in [0.25, 0.3) is 11.1 Å². The van der Waals surface area contributed by atoms with E-state index in [-0.39, 0.29) is 23.5 Å². The number of aryl methyl sites for hydroxylation is 1. The van der Waals surface area contributed by atoms with Gasteiger partial charge < -0.3 is 14.6 Å². The smallest absolute Gasteiger partial charge is 0.418 e. The predicted molar refractivity (Wildman–Crippen MR) is 96.8 cm³/mol. The quantitative estimate of drug-likeness (QED) is 0.626. The molecule has 0 fully saturated rings. The summed E-state index contributed by atoms with van der Waals surface area (Å²) in [6, 6.07) is 4.44. The van der Waals surface area contributed by atoms with Gasteiger partial charge in [0.05, 0.1) is 17.9 Å². The van der Waals surface area contributed by atoms with Crippen LogP contribution in [0.4, 0.5) is 18.9 Å². The number of halogens is 3. The molecule has 0 unspecified atom stereocenters. The third kappa shape index (κ3) is 4.02. The Labute approximate surface area is 166 Å². The number of nitrogens with one attached hydrogen (secondary N) is 1. The number of ether oxygens (including phenoxy) is 1. The van der Waals surface area contributed by atoms with Gasteiger partial charge in [0, 0.05) is 0 Å². The Morgan fingerprint density at radius 3 is 2.63 bits per heavy atom. The number of carbonyl (C=O) groups excluding carboxylic acids is 2. The molecule has 3 aromatic rings. The Hall–Kier alpha value is -3.70. The monoisotopic (exact) mass is 424 g/mol. The van der Waals surface area contributed by atoms with Gasteiger partial charge in [-0.05, 0) is 26.0 Å². The van der Waals surface area contributed by atoms with Gasteiger partial charge in [-0.3, -0.25) is 14.2 Å². The van der Waals surface area contributed by atoms with Crippen LogP contribution in [0.5, 0.6) is 0 Å². The first kappa shape index (κ1) is 21.0. The molecule has 0 spiro atoms. The normalized spacial score (nSPS) is 11.5. The summed E-state index contributed by atoms with van der Waals surface area (Å²) in [7, 11) is 0. The van der Waals surface area contributed by atoms with Crippen molar-refractivity contribution in [1.29, 1.82) is 0 Å². The van der Waals surface area contributed by atoms with Crippen molar-refractivity contribution >= 4 is 28.7 Å². The van der Waals surface area contributed by atoms with Crippen molar-refractivity contribution in [2.45, 2.75) is 26.6 Å². The zero-order valence-corrected chi connectivity index (χ0v) is 15.7. The van der Waals surface area contributed by atoms with Crippen LogP contribution in [0.2, 0.25) is 0 Å². The van der Waals surface area contributed by atoms with Gasteiger partial charge in [0.25, 0.3) is 11.3 Å². The average Bonchev–Trinajstić information content (AvgIpc) is 3.09. The number of nitrogens with zero attached hydrogens (tertiary/aromatic N) is 3. The van der Waals surface area contributed by atoms with Crippen LogP contribution in [-0.4, -0.2) is 33.2 Å². The molecule has 2 aromatic heterocycles. The SMILES string of the molecule is CCOC(=O)c1noc2nc(C)n(CC(=O)Nc3ccccc3C(F)(F)F)c(=O)c12. The average molecular weight is 424 g/mol. The van der Waals surface area contributed by atoms with Crippen LogP contribution in [0.3, 0.4) is 0 Å². The van der Waals surface area contributed by atoms with E-state index in [0.717, 1.165) is 16.7 Å². The Balaban J connectivity index is 1.95. The molecule has 1 amide bonds. The molecule has 12 heteroatoms. The summed E-state index contributed by atoms with van der Waals surface area (Å²) < 4.78 is 49.9. The largest absolute Gasteiger partial charge is 0.461 e. The van der Waals surface area contributed by atoms with Gasteiger partial charge in [0.2, 0.25) is 11.6 Å². The standard InChI is InChI=1S/C18H15F3N4O5/c1-3-29-17(28)14-13-15(30-24-14)22-9(2)25(16(13)27)8-12(26)23-11-7-5-4-6-10(11)18(19,20)21/h4-7H,3,8H2,1-2H3,(H,23,26). The number of para-hydroxylation sites is 1. The number of rotatable bonds is 5. The van der Waals surface area contributed by atoms with Crippen LogP contribution < -0.4 is 10.9 Å². The van der Waals surface area contributed by atoms with Crippen LogP contribution in [0.1, 0.15) is 28.8 Å². The molecule has 1 aromatic carbocycles. The van der Waals surface area contributed by atoms with Crippen molar-refractivity contribution in [3.63, 3.8) is 0 Å². The lowest BCUT2D eigenvalue weighted by atomic mass is 10.1. The number of aromatic nitrogens is 3. The molecule has 1 N–H and O–H groups in total. The molecule has 0 aliphatic heterocycles. The highest BCUT2D eigenvalue weighted by atomic mass is 19.4. The van der Waals surface area contributed by atoms with Crippen molar-refractivity contribution in [3.8, 4) is 0 Å². The molecule has 0 atom stereocenters. The van der Waals surface area contributed by atoms with Gasteiger partial charge in [0.15, 0.2) is 0 Å². The second-order valence-electron chi connectivity index (χ2n) is 6.07. The summed E-state index contributed by atoms with van der Waals surface area (Å²) >= 11 is 0. The van der Waals surface area contributed by atoms with Gasteiger partial charge in [-0.25, -0.2) is 4.79 Å². The minimum Gasteiger partial charge on any atom is -0.461 e. The third-order valence-corrected chi connectivity index (χ3v) is 4.06. The maximum Gasteiger partial charge on any atom is 0.418 e. The number of esters is 1. The van der Waals surface area contributed by atoms with Crippen molar-refractivity contribution in [2.75, 3.05) is 11.9 Å². The fourth-order valence-electron chi connectivity index (χ4n) is 2.74. The lowest BCUT2D eigenvalue weighted by molar-refractivity contribution is -0.137. The number of anilines is 1. The summed E-state index contributed by atoms with van der Waals surface area (Å²) in [5.41, 5.74) is -2.92. The van der Waals surface area contributed by atoms with E-state index in [2.05, 4.69) is 15.5 Å². The molecule has 3 rings (SSSR count). The number of hydrogen-bond donors (Lipinski definition) is 1. The first-order chi connectivity index (χ1) is 14.1. The maximum absolute atomic E-state index is 13.1. The molecule has 2 heterocycles. The fraction of sp³-hybridized carbons (Fsp3) is 0.278. The number of hydrogen-bond acceptors (Lipinski definition) is 7. The van der Waals surface area contributed by atoms with E-state index in [4.69, 9.17) is 9.26 Å². The Bertz CT molecular complexity index is 1180. The fourth-order valence-corrected chi connectivity index (χ4v) is 2.74. The second-order valence-corrected chi connectivity index (χ2v) is 6.07. The molecule has 0 saturated heterocycles. The predicted octanol–water partition coefficient (Wildman–Crippen LogP) is 2.53. The Kier molecular flexibility index (Phi) is 5.58. The summed E-state index contributed by atoms with van der Waals surface area (Å²) in [4.78, 5) is 41.1. The van der Waals surface area contributed by atoms with Gasteiger partial charge >= 0.3 is 12.1 Å². The van der Waals surface area contributed by atoms with E-state index in [0.29, 0.717) is 0 Å². The van der Waals surface area contributed by atoms with E-state index in [1.165, 1.54) is 19.1 Å². The first-order valence-corrected chi connectivity index (χ1v) is 8.63. The minimum absolute atomic E-state index is 0.0295. The maximum atomic E-state index is 13.1. The van der Waals surface area contributed by atoms with E-state index in [9.17, 15) is 27.6 Å². The van der Waals surface area contributed by atoms with Gasteiger partial charge in [0.1, 0.15) is 17.8 Å². The van der Waals surface area contributed by atoms with Crippen molar-refractivity contribution in [2.24, 2.45) is 0 Å². The molecule has 0 aliphatic carbocycles. The number of fused-ring (bicyclic) bond motifs is 1. The zero-order chi connectivity index (χ0) is 22.1. The van der Waals surface area contributed by atoms with E-state index in [1.54, 1.807) is 6.92 Å². The second kappa shape index (κ2) is 7.97. The summed E-state index contributed by atoms with van der Waals surface area (Å²) in [5, 5.41) is 5.34. The van der Waals surface area contributed by atoms with Crippen LogP contribution in [-0.2, 0) is 22.3 Å². The topological polar surface area (TPSA) is 116 Å². The Morgan fingerprint density at radius 2 is 1.97 bits per heavy atom. The third-order valence-electron chi connectivity index (χ3n) is 4.06. The highest BCUT2D eigenvalue weighted by molar-refractivity contribution is 6.00. The summed E-state index contributed by atoms with van der Waals surface area (Å²) in [6.45, 7) is 2.34. The number of amides is 1. The number of carbonyl (C=O) groups is 2. The molecule has 0 saturated carbocycles. The molecular weight excluding hydrogens is 409 g/mol. The number of benzene rings is 1. The molecule has 30 heavy (non-hydrogen) atoms. The molecule has 0 aliphatic rings. The van der Waals surface area contributed by atoms with E-state index >= 15 is 0 Å². The lowest BCUT2D eigenvalue weighted by Crippen LogP contribution is -2.31. The lowest BCUT2D eigenvalue weighted by Gasteiger charge is -2.14. The molecule has 9 nitrogen and oxygen atoms in total. The number of alkyl halides is 3. The highest BCUT2D eigenvalue weighted by Crippen LogP contribution is 2.34. The molecular formula is C18H15F3N4O5. The van der Waals surface area contributed by atoms with E-state index in [1.807, 2.05) is 0 Å². The van der Waals surface area contributed by atoms with E-state index < -0.39 is 47.1 Å². The highest BCUT2D eigenvalue weighted by Gasteiger charge is 2.33. The zero-order valence-electron chi connectivity index (χ0n) is 15.7. The van der Waals surface area contributed by atoms with Crippen LogP contribution >= 0.6 is 0 Å². The van der Waals surface area contributed by atoms with Crippen molar-refractivity contribution in [3.05, 3.63) is 51.7 Å². The molecule has 0 radical (unpaired) electrons. The van der Waals surface area contributed by atoms with Gasteiger partial charge in [-0.1, -0.05) is 17.3 Å². The molecule has 0 bridgehead atoms. The summed E-state index contributed by atoms with van der Waals surface area (Å²) in [6.07, 6.45) is -4.67. The van der Waals surface area contributed by atoms with Crippen LogP contribution in [0.15, 0.2) is 33.6 Å². The Morgan fingerprint density at radius 1 is 1.27 bits per heavy atom. The first-order valence-electron chi connectivity index (χ1n) is 8.63. The van der Waals surface area contributed by atoms with Crippen molar-refractivity contribution in [1.82, 2.24) is 14.7 Å². The van der Waals surface area contributed by atoms with Gasteiger partial charge in [-0.2, -0.15) is 18.2 Å².